The van der Waals surface area contributed by atoms with E-state index in [1.807, 2.05) is 0 Å². The van der Waals surface area contributed by atoms with Gasteiger partial charge in [-0.3, -0.25) is 4.79 Å². The number of hydrogen-bond donors (Lipinski definition) is 0. The molecule has 3 rings (SSSR count). The number of hydrogen-bond acceptors (Lipinski definition) is 2. The van der Waals surface area contributed by atoms with E-state index in [0.29, 0.717) is 0 Å². The molecular weight excluding hydrogens is 355 g/mol. The predicted molar refractivity (Wildman–Crippen MR) is 85.9 cm³/mol. The van der Waals surface area contributed by atoms with Crippen LogP contribution in [0.1, 0.15) is 15.9 Å². The summed E-state index contributed by atoms with van der Waals surface area (Å²) in [6.45, 7) is 0.791. The third kappa shape index (κ3) is 3.63. The summed E-state index contributed by atoms with van der Waals surface area (Å²) in [5.41, 5.74) is -0.645. The number of piperazine rings is 1. The minimum atomic E-state index is -4.46. The Balaban J connectivity index is 1.72. The van der Waals surface area contributed by atoms with Gasteiger partial charge >= 0.3 is 6.18 Å². The van der Waals surface area contributed by atoms with E-state index in [1.165, 1.54) is 29.2 Å². The second kappa shape index (κ2) is 6.93. The van der Waals surface area contributed by atoms with E-state index in [2.05, 4.69) is 0 Å². The molecule has 1 amide bonds. The van der Waals surface area contributed by atoms with Crippen molar-refractivity contribution < 1.29 is 26.7 Å². The average Bonchev–Trinajstić information content (AvgIpc) is 2.63. The Hall–Kier alpha value is -2.64. The van der Waals surface area contributed by atoms with Gasteiger partial charge in [0.2, 0.25) is 0 Å². The largest absolute Gasteiger partial charge is 0.418 e. The fraction of sp³-hybridized carbons (Fsp3) is 0.278. The Morgan fingerprint density at radius 3 is 2.15 bits per heavy atom. The number of amides is 1. The van der Waals surface area contributed by atoms with Crippen LogP contribution in [0.25, 0.3) is 0 Å². The van der Waals surface area contributed by atoms with Crippen molar-refractivity contribution in [3.63, 3.8) is 0 Å². The monoisotopic (exact) mass is 370 g/mol. The number of nitrogens with zero attached hydrogens (tertiary/aromatic N) is 2. The summed E-state index contributed by atoms with van der Waals surface area (Å²) in [4.78, 5) is 15.4. The van der Waals surface area contributed by atoms with Crippen LogP contribution in [0.2, 0.25) is 0 Å². The van der Waals surface area contributed by atoms with Crippen LogP contribution in [0.4, 0.5) is 27.6 Å². The van der Waals surface area contributed by atoms with Crippen LogP contribution >= 0.6 is 0 Å². The highest BCUT2D eigenvalue weighted by molar-refractivity contribution is 5.94. The van der Waals surface area contributed by atoms with E-state index in [4.69, 9.17) is 0 Å². The molecule has 138 valence electrons. The van der Waals surface area contributed by atoms with E-state index in [1.54, 1.807) is 4.90 Å². The maximum Gasteiger partial charge on any atom is 0.418 e. The first-order valence-electron chi connectivity index (χ1n) is 7.93. The first-order chi connectivity index (χ1) is 12.3. The molecule has 26 heavy (non-hydrogen) atoms. The van der Waals surface area contributed by atoms with Gasteiger partial charge in [0.05, 0.1) is 5.56 Å². The van der Waals surface area contributed by atoms with Gasteiger partial charge in [-0.25, -0.2) is 8.78 Å². The molecule has 0 aromatic heterocycles. The van der Waals surface area contributed by atoms with Crippen molar-refractivity contribution in [3.8, 4) is 0 Å². The standard InChI is InChI=1S/C18H15F5N2O/c19-14-6-5-12(11-15(14)20)17(26)25-9-7-24(8-10-25)16-4-2-1-3-13(16)18(21,22)23/h1-6,11H,7-10H2. The van der Waals surface area contributed by atoms with Crippen LogP contribution in [0.3, 0.4) is 0 Å². The minimum Gasteiger partial charge on any atom is -0.367 e. The molecule has 2 aromatic carbocycles. The van der Waals surface area contributed by atoms with Crippen molar-refractivity contribution in [2.24, 2.45) is 0 Å². The highest BCUT2D eigenvalue weighted by Crippen LogP contribution is 2.36. The smallest absolute Gasteiger partial charge is 0.367 e. The Morgan fingerprint density at radius 1 is 0.885 bits per heavy atom. The van der Waals surface area contributed by atoms with Gasteiger partial charge < -0.3 is 9.80 Å². The molecule has 0 unspecified atom stereocenters. The van der Waals surface area contributed by atoms with Gasteiger partial charge in [-0.05, 0) is 30.3 Å². The van der Waals surface area contributed by atoms with E-state index < -0.39 is 29.3 Å². The molecule has 1 aliphatic heterocycles. The Labute approximate surface area is 146 Å². The lowest BCUT2D eigenvalue weighted by Crippen LogP contribution is -2.49. The third-order valence-corrected chi connectivity index (χ3v) is 4.28. The normalized spacial score (nSPS) is 15.3. The molecule has 3 nitrogen and oxygen atoms in total. The van der Waals surface area contributed by atoms with Gasteiger partial charge in [-0.2, -0.15) is 13.2 Å². The molecule has 0 bridgehead atoms. The molecule has 1 aliphatic rings. The number of anilines is 1. The van der Waals surface area contributed by atoms with Crippen LogP contribution in [-0.2, 0) is 6.18 Å². The van der Waals surface area contributed by atoms with Crippen molar-refractivity contribution in [3.05, 3.63) is 65.2 Å². The Morgan fingerprint density at radius 2 is 1.54 bits per heavy atom. The molecule has 1 saturated heterocycles. The van der Waals surface area contributed by atoms with E-state index in [9.17, 15) is 26.7 Å². The van der Waals surface area contributed by atoms with Gasteiger partial charge in [0.25, 0.3) is 5.91 Å². The topological polar surface area (TPSA) is 23.6 Å². The first-order valence-corrected chi connectivity index (χ1v) is 7.93. The molecule has 0 aliphatic carbocycles. The van der Waals surface area contributed by atoms with Crippen molar-refractivity contribution in [2.45, 2.75) is 6.18 Å². The number of halogens is 5. The van der Waals surface area contributed by atoms with Gasteiger partial charge in [0, 0.05) is 37.4 Å². The highest BCUT2D eigenvalue weighted by atomic mass is 19.4. The lowest BCUT2D eigenvalue weighted by atomic mass is 10.1. The fourth-order valence-corrected chi connectivity index (χ4v) is 2.95. The molecule has 8 heteroatoms. The molecule has 0 radical (unpaired) electrons. The molecule has 1 heterocycles. The average molecular weight is 370 g/mol. The van der Waals surface area contributed by atoms with E-state index in [0.717, 1.165) is 18.2 Å². The molecule has 0 atom stereocenters. The predicted octanol–water partition coefficient (Wildman–Crippen LogP) is 3.95. The summed E-state index contributed by atoms with van der Waals surface area (Å²) in [5, 5.41) is 0. The lowest BCUT2D eigenvalue weighted by molar-refractivity contribution is -0.137. The minimum absolute atomic E-state index is 0.00745. The van der Waals surface area contributed by atoms with Crippen LogP contribution in [0.5, 0.6) is 0 Å². The highest BCUT2D eigenvalue weighted by Gasteiger charge is 2.35. The number of carbonyl (C=O) groups is 1. The molecule has 0 N–H and O–H groups in total. The van der Waals surface area contributed by atoms with Gasteiger partial charge in [0.1, 0.15) is 0 Å². The molecule has 0 saturated carbocycles. The van der Waals surface area contributed by atoms with Crippen LogP contribution in [-0.4, -0.2) is 37.0 Å². The molecule has 0 spiro atoms. The molecule has 1 fully saturated rings. The number of benzene rings is 2. The number of rotatable bonds is 2. The second-order valence-electron chi connectivity index (χ2n) is 5.92. The van der Waals surface area contributed by atoms with Crippen molar-refractivity contribution >= 4 is 11.6 Å². The summed E-state index contributed by atoms with van der Waals surface area (Å²) in [6, 6.07) is 8.16. The van der Waals surface area contributed by atoms with Crippen molar-refractivity contribution in [1.82, 2.24) is 4.90 Å². The zero-order valence-electron chi connectivity index (χ0n) is 13.6. The van der Waals surface area contributed by atoms with Crippen molar-refractivity contribution in [2.75, 3.05) is 31.1 Å². The van der Waals surface area contributed by atoms with Gasteiger partial charge in [-0.15, -0.1) is 0 Å². The second-order valence-corrected chi connectivity index (χ2v) is 5.92. The van der Waals surface area contributed by atoms with Crippen LogP contribution < -0.4 is 4.90 Å². The Kier molecular flexibility index (Phi) is 4.84. The number of carbonyl (C=O) groups excluding carboxylic acids is 1. The zero-order valence-corrected chi connectivity index (χ0v) is 13.6. The molecule has 2 aromatic rings. The summed E-state index contributed by atoms with van der Waals surface area (Å²) in [5.74, 6) is -2.64. The third-order valence-electron chi connectivity index (χ3n) is 4.28. The maximum atomic E-state index is 13.3. The SMILES string of the molecule is O=C(c1ccc(F)c(F)c1)N1CCN(c2ccccc2C(F)(F)F)CC1. The van der Waals surface area contributed by atoms with E-state index in [-0.39, 0.29) is 37.4 Å². The van der Waals surface area contributed by atoms with Crippen molar-refractivity contribution in [1.29, 1.82) is 0 Å². The summed E-state index contributed by atoms with van der Waals surface area (Å²) < 4.78 is 65.7. The quantitative estimate of drug-likeness (QED) is 0.748. The Bertz CT molecular complexity index is 813. The molecular formula is C18H15F5N2O. The summed E-state index contributed by atoms with van der Waals surface area (Å²) >= 11 is 0. The van der Waals surface area contributed by atoms with Gasteiger partial charge in [0.15, 0.2) is 11.6 Å². The zero-order chi connectivity index (χ0) is 18.9. The summed E-state index contributed by atoms with van der Waals surface area (Å²) in [6.07, 6.45) is -4.46. The number of alkyl halides is 3. The van der Waals surface area contributed by atoms with Gasteiger partial charge in [-0.1, -0.05) is 12.1 Å². The fourth-order valence-electron chi connectivity index (χ4n) is 2.95. The summed E-state index contributed by atoms with van der Waals surface area (Å²) in [7, 11) is 0. The number of para-hydroxylation sites is 1. The maximum absolute atomic E-state index is 13.3. The van der Waals surface area contributed by atoms with Crippen LogP contribution in [0, 0.1) is 11.6 Å². The lowest BCUT2D eigenvalue weighted by Gasteiger charge is -2.37. The van der Waals surface area contributed by atoms with Crippen LogP contribution in [0.15, 0.2) is 42.5 Å². The van der Waals surface area contributed by atoms with E-state index >= 15 is 0 Å². The first kappa shape index (κ1) is 18.2.